The van der Waals surface area contributed by atoms with Crippen LogP contribution in [0.3, 0.4) is 0 Å². The first-order valence-corrected chi connectivity index (χ1v) is 4.09. The van der Waals surface area contributed by atoms with E-state index < -0.39 is 0 Å². The molecule has 0 heterocycles. The van der Waals surface area contributed by atoms with Gasteiger partial charge in [0.05, 0.1) is 12.7 Å². The van der Waals surface area contributed by atoms with Gasteiger partial charge in [-0.2, -0.15) is 0 Å². The second kappa shape index (κ2) is 5.97. The number of hydrogen-bond acceptors (Lipinski definition) is 4. The number of ether oxygens (including phenoxy) is 1. The van der Waals surface area contributed by atoms with E-state index in [1.165, 1.54) is 6.92 Å². The monoisotopic (exact) mass is 174 g/mol. The molecule has 0 saturated carbocycles. The predicted octanol–water partition coefficient (Wildman–Crippen LogP) is 1.34. The lowest BCUT2D eigenvalue weighted by molar-refractivity contribution is -0.137. The summed E-state index contributed by atoms with van der Waals surface area (Å²) in [6, 6.07) is 0. The Morgan fingerprint density at radius 3 is 2.73 bits per heavy atom. The van der Waals surface area contributed by atoms with Gasteiger partial charge in [0.25, 0.3) is 0 Å². The minimum Gasteiger partial charge on any atom is -0.435 e. The zero-order valence-electron chi connectivity index (χ0n) is 6.33. The van der Waals surface area contributed by atoms with Crippen molar-refractivity contribution in [2.75, 3.05) is 5.75 Å². The van der Waals surface area contributed by atoms with Gasteiger partial charge in [-0.15, -0.1) is 0 Å². The minimum atomic E-state index is -0.353. The number of carbonyl (C=O) groups excluding carboxylic acids is 2. The van der Waals surface area contributed by atoms with E-state index in [0.29, 0.717) is 5.75 Å². The highest BCUT2D eigenvalue weighted by Gasteiger charge is 2.01. The van der Waals surface area contributed by atoms with E-state index >= 15 is 0 Å². The van der Waals surface area contributed by atoms with Crippen LogP contribution in [0, 0.1) is 0 Å². The molecule has 0 aromatic carbocycles. The fourth-order valence-corrected chi connectivity index (χ4v) is 0.986. The molecular formula is C7H10O3S. The van der Waals surface area contributed by atoms with Crippen molar-refractivity contribution in [2.24, 2.45) is 0 Å². The lowest BCUT2D eigenvalue weighted by atomic mass is 10.5. The molecule has 0 fully saturated rings. The van der Waals surface area contributed by atoms with Gasteiger partial charge < -0.3 is 4.74 Å². The molecule has 3 nitrogen and oxygen atoms in total. The quantitative estimate of drug-likeness (QED) is 0.476. The van der Waals surface area contributed by atoms with Crippen LogP contribution in [0.15, 0.2) is 12.8 Å². The van der Waals surface area contributed by atoms with Gasteiger partial charge in [0, 0.05) is 12.7 Å². The summed E-state index contributed by atoms with van der Waals surface area (Å²) in [4.78, 5) is 21.0. The Labute approximate surface area is 69.8 Å². The molecule has 4 heteroatoms. The predicted molar refractivity (Wildman–Crippen MR) is 44.0 cm³/mol. The first kappa shape index (κ1) is 10.2. The smallest absolute Gasteiger partial charge is 0.311 e. The highest BCUT2D eigenvalue weighted by atomic mass is 32.2. The third-order valence-corrected chi connectivity index (χ3v) is 1.64. The number of esters is 1. The molecule has 0 unspecified atom stereocenters. The minimum absolute atomic E-state index is 0.0106. The summed E-state index contributed by atoms with van der Waals surface area (Å²) in [6.07, 6.45) is 1.33. The Balaban J connectivity index is 3.31. The normalized spacial score (nSPS) is 8.82. The summed E-state index contributed by atoms with van der Waals surface area (Å²) in [5.41, 5.74) is 0. The highest BCUT2D eigenvalue weighted by Crippen LogP contribution is 2.03. The van der Waals surface area contributed by atoms with Crippen molar-refractivity contribution in [2.45, 2.75) is 13.3 Å². The first-order valence-electron chi connectivity index (χ1n) is 3.10. The fraction of sp³-hybridized carbons (Fsp3) is 0.429. The van der Waals surface area contributed by atoms with Crippen molar-refractivity contribution in [1.82, 2.24) is 0 Å². The van der Waals surface area contributed by atoms with Gasteiger partial charge in [-0.25, -0.2) is 0 Å². The molecule has 0 spiro atoms. The van der Waals surface area contributed by atoms with Crippen molar-refractivity contribution in [1.29, 1.82) is 0 Å². The van der Waals surface area contributed by atoms with Crippen molar-refractivity contribution >= 4 is 22.8 Å². The number of rotatable bonds is 4. The van der Waals surface area contributed by atoms with Gasteiger partial charge in [-0.05, 0) is 0 Å². The van der Waals surface area contributed by atoms with E-state index in [4.69, 9.17) is 0 Å². The van der Waals surface area contributed by atoms with E-state index in [1.54, 1.807) is 0 Å². The van der Waals surface area contributed by atoms with E-state index in [-0.39, 0.29) is 17.5 Å². The molecule has 0 aliphatic heterocycles. The van der Waals surface area contributed by atoms with Crippen LogP contribution in [0.4, 0.5) is 0 Å². The molecule has 0 aliphatic rings. The van der Waals surface area contributed by atoms with Crippen LogP contribution in [0.2, 0.25) is 0 Å². The van der Waals surface area contributed by atoms with E-state index in [1.807, 2.05) is 0 Å². The van der Waals surface area contributed by atoms with Gasteiger partial charge in [-0.3, -0.25) is 9.59 Å². The van der Waals surface area contributed by atoms with Crippen LogP contribution in [0.5, 0.6) is 0 Å². The average molecular weight is 174 g/mol. The first-order chi connectivity index (χ1) is 5.16. The number of carbonyl (C=O) groups is 2. The lowest BCUT2D eigenvalue weighted by Crippen LogP contribution is -2.01. The van der Waals surface area contributed by atoms with Crippen molar-refractivity contribution < 1.29 is 14.3 Å². The second-order valence-corrected chi connectivity index (χ2v) is 3.02. The Hall–Kier alpha value is -0.770. The Morgan fingerprint density at radius 1 is 1.64 bits per heavy atom. The molecule has 0 N–H and O–H groups in total. The standard InChI is InChI=1S/C7H10O3S/c1-3-10-7(9)4-5-11-6(2)8/h3H,1,4-5H2,2H3. The molecule has 0 atom stereocenters. The summed E-state index contributed by atoms with van der Waals surface area (Å²) in [5, 5.41) is 0.0106. The van der Waals surface area contributed by atoms with Gasteiger partial charge in [0.1, 0.15) is 0 Å². The molecule has 62 valence electrons. The van der Waals surface area contributed by atoms with Crippen LogP contribution in [0.25, 0.3) is 0 Å². The zero-order valence-corrected chi connectivity index (χ0v) is 7.15. The zero-order chi connectivity index (χ0) is 8.69. The van der Waals surface area contributed by atoms with Crippen LogP contribution in [-0.2, 0) is 14.3 Å². The molecule has 0 aliphatic carbocycles. The molecule has 0 aromatic rings. The molecule has 0 rings (SSSR count). The van der Waals surface area contributed by atoms with Gasteiger partial charge in [-0.1, -0.05) is 18.3 Å². The summed E-state index contributed by atoms with van der Waals surface area (Å²) >= 11 is 1.11. The topological polar surface area (TPSA) is 43.4 Å². The van der Waals surface area contributed by atoms with Crippen molar-refractivity contribution in [3.63, 3.8) is 0 Å². The molecule has 0 bridgehead atoms. The Kier molecular flexibility index (Phi) is 5.56. The van der Waals surface area contributed by atoms with Gasteiger partial charge in [0.15, 0.2) is 5.12 Å². The van der Waals surface area contributed by atoms with E-state index in [0.717, 1.165) is 18.0 Å². The summed E-state index contributed by atoms with van der Waals surface area (Å²) in [5.74, 6) is 0.121. The number of thioether (sulfide) groups is 1. The van der Waals surface area contributed by atoms with Crippen LogP contribution < -0.4 is 0 Å². The second-order valence-electron chi connectivity index (χ2n) is 1.75. The van der Waals surface area contributed by atoms with Crippen molar-refractivity contribution in [3.05, 3.63) is 12.8 Å². The number of hydrogen-bond donors (Lipinski definition) is 0. The third kappa shape index (κ3) is 7.12. The molecule has 11 heavy (non-hydrogen) atoms. The molecule has 0 radical (unpaired) electrons. The van der Waals surface area contributed by atoms with E-state index in [9.17, 15) is 9.59 Å². The maximum absolute atomic E-state index is 10.6. The molecular weight excluding hydrogens is 164 g/mol. The highest BCUT2D eigenvalue weighted by molar-refractivity contribution is 8.13. The summed E-state index contributed by atoms with van der Waals surface area (Å²) in [6.45, 7) is 4.69. The van der Waals surface area contributed by atoms with Crippen LogP contribution in [-0.4, -0.2) is 16.8 Å². The third-order valence-electron chi connectivity index (χ3n) is 0.826. The lowest BCUT2D eigenvalue weighted by Gasteiger charge is -1.95. The van der Waals surface area contributed by atoms with Crippen LogP contribution in [0.1, 0.15) is 13.3 Å². The molecule has 0 saturated heterocycles. The van der Waals surface area contributed by atoms with Gasteiger partial charge >= 0.3 is 5.97 Å². The average Bonchev–Trinajstić information content (AvgIpc) is 1.87. The fourth-order valence-electron chi connectivity index (χ4n) is 0.430. The van der Waals surface area contributed by atoms with Crippen molar-refractivity contribution in [3.8, 4) is 0 Å². The SMILES string of the molecule is C=COC(=O)CCSC(C)=O. The van der Waals surface area contributed by atoms with Gasteiger partial charge in [0.2, 0.25) is 0 Å². The van der Waals surface area contributed by atoms with E-state index in [2.05, 4.69) is 11.3 Å². The molecule has 0 aromatic heterocycles. The molecule has 0 amide bonds. The Bertz CT molecular complexity index is 165. The maximum atomic E-state index is 10.6. The van der Waals surface area contributed by atoms with Crippen LogP contribution >= 0.6 is 11.8 Å². The summed E-state index contributed by atoms with van der Waals surface area (Å²) in [7, 11) is 0. The Morgan fingerprint density at radius 2 is 2.27 bits per heavy atom. The maximum Gasteiger partial charge on any atom is 0.311 e. The summed E-state index contributed by atoms with van der Waals surface area (Å²) < 4.78 is 4.42. The largest absolute Gasteiger partial charge is 0.435 e.